The smallest absolute Gasteiger partial charge is 0.508 e. The number of hydrogen-bond donors (Lipinski definition) is 1. The summed E-state index contributed by atoms with van der Waals surface area (Å²) in [6.07, 6.45) is 0.626. The van der Waals surface area contributed by atoms with Crippen LogP contribution in [0.15, 0.2) is 18.2 Å². The van der Waals surface area contributed by atoms with Crippen molar-refractivity contribution in [1.82, 2.24) is 0 Å². The van der Waals surface area contributed by atoms with Gasteiger partial charge in [0.25, 0.3) is 0 Å². The summed E-state index contributed by atoms with van der Waals surface area (Å²) in [5.74, 6) is 0.189. The molecule has 0 saturated heterocycles. The Morgan fingerprint density at radius 3 is 3.07 bits per heavy atom. The molecule has 4 heteroatoms. The van der Waals surface area contributed by atoms with E-state index >= 15 is 0 Å². The second kappa shape index (κ2) is 3.81. The van der Waals surface area contributed by atoms with Crippen molar-refractivity contribution in [3.05, 3.63) is 29.3 Å². The maximum absolute atomic E-state index is 11.0. The summed E-state index contributed by atoms with van der Waals surface area (Å²) < 4.78 is 9.50. The summed E-state index contributed by atoms with van der Waals surface area (Å²) in [6, 6.07) is 5.13. The fraction of sp³-hybridized carbons (Fsp3) is 0.364. The molecule has 1 aliphatic rings. The molecule has 0 amide bonds. The molecule has 0 spiro atoms. The van der Waals surface area contributed by atoms with Gasteiger partial charge in [-0.2, -0.15) is 0 Å². The minimum absolute atomic E-state index is 0.189. The molecule has 1 unspecified atom stereocenters. The van der Waals surface area contributed by atoms with Gasteiger partial charge in [-0.25, -0.2) is 4.79 Å². The fourth-order valence-electron chi connectivity index (χ4n) is 1.84. The van der Waals surface area contributed by atoms with Crippen LogP contribution in [0.25, 0.3) is 0 Å². The van der Waals surface area contributed by atoms with E-state index in [0.29, 0.717) is 0 Å². The topological polar surface area (TPSA) is 55.8 Å². The van der Waals surface area contributed by atoms with Gasteiger partial charge in [-0.3, -0.25) is 0 Å². The Bertz CT molecular complexity index is 386. The van der Waals surface area contributed by atoms with Gasteiger partial charge in [0, 0.05) is 0 Å². The van der Waals surface area contributed by atoms with E-state index in [9.17, 15) is 9.90 Å². The molecule has 0 saturated carbocycles. The number of phenolic OH excluding ortho intramolecular Hbond substituents is 1. The van der Waals surface area contributed by atoms with Crippen molar-refractivity contribution in [2.24, 2.45) is 0 Å². The van der Waals surface area contributed by atoms with Crippen molar-refractivity contribution in [2.45, 2.75) is 18.9 Å². The van der Waals surface area contributed by atoms with Crippen molar-refractivity contribution >= 4 is 6.16 Å². The van der Waals surface area contributed by atoms with E-state index in [-0.39, 0.29) is 11.9 Å². The maximum Gasteiger partial charge on any atom is 0.508 e. The highest BCUT2D eigenvalue weighted by molar-refractivity contribution is 5.60. The summed E-state index contributed by atoms with van der Waals surface area (Å²) in [7, 11) is 1.28. The fourth-order valence-corrected chi connectivity index (χ4v) is 1.84. The van der Waals surface area contributed by atoms with Gasteiger partial charge in [0.1, 0.15) is 11.9 Å². The molecule has 0 bridgehead atoms. The van der Waals surface area contributed by atoms with E-state index in [0.717, 1.165) is 24.0 Å². The van der Waals surface area contributed by atoms with Crippen LogP contribution in [-0.4, -0.2) is 18.4 Å². The third-order valence-corrected chi connectivity index (χ3v) is 2.56. The van der Waals surface area contributed by atoms with Gasteiger partial charge in [0.15, 0.2) is 0 Å². The van der Waals surface area contributed by atoms with Gasteiger partial charge in [0.2, 0.25) is 0 Å². The predicted octanol–water partition coefficient (Wildman–Crippen LogP) is 2.16. The van der Waals surface area contributed by atoms with Crippen molar-refractivity contribution in [2.75, 3.05) is 7.11 Å². The molecule has 0 aliphatic heterocycles. The Morgan fingerprint density at radius 2 is 2.33 bits per heavy atom. The highest BCUT2D eigenvalue weighted by Gasteiger charge is 2.26. The molecule has 80 valence electrons. The zero-order valence-corrected chi connectivity index (χ0v) is 8.40. The van der Waals surface area contributed by atoms with Gasteiger partial charge >= 0.3 is 6.16 Å². The van der Waals surface area contributed by atoms with Crippen LogP contribution in [0.3, 0.4) is 0 Å². The molecule has 0 radical (unpaired) electrons. The van der Waals surface area contributed by atoms with E-state index in [1.165, 1.54) is 7.11 Å². The highest BCUT2D eigenvalue weighted by atomic mass is 16.7. The van der Waals surface area contributed by atoms with Crippen molar-refractivity contribution in [3.8, 4) is 5.75 Å². The lowest BCUT2D eigenvalue weighted by molar-refractivity contribution is 0.0369. The standard InChI is InChI=1S/C11H12O4/c1-14-11(13)15-10-5-3-7-2-4-8(12)6-9(7)10/h2,4,6,10,12H,3,5H2,1H3. The van der Waals surface area contributed by atoms with Gasteiger partial charge in [-0.05, 0) is 36.1 Å². The summed E-state index contributed by atoms with van der Waals surface area (Å²) in [6.45, 7) is 0. The molecule has 1 atom stereocenters. The Balaban J connectivity index is 2.20. The number of carbonyl (C=O) groups excluding carboxylic acids is 1. The first-order chi connectivity index (χ1) is 7.20. The molecular weight excluding hydrogens is 196 g/mol. The monoisotopic (exact) mass is 208 g/mol. The second-order valence-corrected chi connectivity index (χ2v) is 3.48. The largest absolute Gasteiger partial charge is 0.508 e. The van der Waals surface area contributed by atoms with E-state index in [1.54, 1.807) is 12.1 Å². The predicted molar refractivity (Wildman–Crippen MR) is 52.7 cm³/mol. The number of aryl methyl sites for hydroxylation is 1. The van der Waals surface area contributed by atoms with Crippen LogP contribution in [-0.2, 0) is 15.9 Å². The average Bonchev–Trinajstić information content (AvgIpc) is 2.61. The third kappa shape index (κ3) is 1.88. The lowest BCUT2D eigenvalue weighted by Crippen LogP contribution is -2.08. The number of ether oxygens (including phenoxy) is 2. The SMILES string of the molecule is COC(=O)OC1CCc2ccc(O)cc21. The van der Waals surface area contributed by atoms with E-state index < -0.39 is 6.16 Å². The van der Waals surface area contributed by atoms with Crippen molar-refractivity contribution < 1.29 is 19.4 Å². The normalized spacial score (nSPS) is 18.3. The van der Waals surface area contributed by atoms with Gasteiger partial charge in [-0.1, -0.05) is 6.07 Å². The van der Waals surface area contributed by atoms with Gasteiger partial charge in [0.05, 0.1) is 7.11 Å². The number of benzene rings is 1. The van der Waals surface area contributed by atoms with Crippen LogP contribution >= 0.6 is 0 Å². The summed E-state index contributed by atoms with van der Waals surface area (Å²) >= 11 is 0. The van der Waals surface area contributed by atoms with Gasteiger partial charge < -0.3 is 14.6 Å². The molecule has 4 nitrogen and oxygen atoms in total. The Labute approximate surface area is 87.4 Å². The molecule has 2 rings (SSSR count). The minimum atomic E-state index is -0.684. The summed E-state index contributed by atoms with van der Waals surface area (Å²) in [5, 5.41) is 9.33. The van der Waals surface area contributed by atoms with E-state index in [2.05, 4.69) is 4.74 Å². The van der Waals surface area contributed by atoms with Crippen molar-refractivity contribution in [1.29, 1.82) is 0 Å². The van der Waals surface area contributed by atoms with E-state index in [4.69, 9.17) is 4.74 Å². The lowest BCUT2D eigenvalue weighted by atomic mass is 10.1. The second-order valence-electron chi connectivity index (χ2n) is 3.48. The van der Waals surface area contributed by atoms with E-state index in [1.807, 2.05) is 6.07 Å². The average molecular weight is 208 g/mol. The Kier molecular flexibility index (Phi) is 2.49. The molecule has 0 fully saturated rings. The first-order valence-corrected chi connectivity index (χ1v) is 4.77. The lowest BCUT2D eigenvalue weighted by Gasteiger charge is -2.11. The maximum atomic E-state index is 11.0. The summed E-state index contributed by atoms with van der Waals surface area (Å²) in [5.41, 5.74) is 1.99. The molecule has 0 aromatic heterocycles. The van der Waals surface area contributed by atoms with Crippen molar-refractivity contribution in [3.63, 3.8) is 0 Å². The molecule has 1 aromatic carbocycles. The Morgan fingerprint density at radius 1 is 1.53 bits per heavy atom. The van der Waals surface area contributed by atoms with Crippen LogP contribution < -0.4 is 0 Å². The van der Waals surface area contributed by atoms with Crippen LogP contribution in [0.5, 0.6) is 5.75 Å². The number of phenols is 1. The molecule has 0 heterocycles. The first-order valence-electron chi connectivity index (χ1n) is 4.77. The number of fused-ring (bicyclic) bond motifs is 1. The quantitative estimate of drug-likeness (QED) is 0.718. The number of aromatic hydroxyl groups is 1. The van der Waals surface area contributed by atoms with Crippen LogP contribution in [0, 0.1) is 0 Å². The molecule has 15 heavy (non-hydrogen) atoms. The zero-order chi connectivity index (χ0) is 10.8. The first kappa shape index (κ1) is 9.83. The number of carbonyl (C=O) groups is 1. The van der Waals surface area contributed by atoms with Crippen LogP contribution in [0.2, 0.25) is 0 Å². The molecular formula is C11H12O4. The number of hydrogen-bond acceptors (Lipinski definition) is 4. The third-order valence-electron chi connectivity index (χ3n) is 2.56. The highest BCUT2D eigenvalue weighted by Crippen LogP contribution is 2.36. The molecule has 1 aromatic rings. The number of methoxy groups -OCH3 is 1. The molecule has 1 N–H and O–H groups in total. The Hall–Kier alpha value is -1.71. The zero-order valence-electron chi connectivity index (χ0n) is 8.40. The van der Waals surface area contributed by atoms with Crippen LogP contribution in [0.1, 0.15) is 23.7 Å². The molecule has 1 aliphatic carbocycles. The minimum Gasteiger partial charge on any atom is -0.508 e. The van der Waals surface area contributed by atoms with Gasteiger partial charge in [-0.15, -0.1) is 0 Å². The summed E-state index contributed by atoms with van der Waals surface area (Å²) in [4.78, 5) is 11.0. The number of rotatable bonds is 1. The van der Waals surface area contributed by atoms with Crippen LogP contribution in [0.4, 0.5) is 4.79 Å².